The first-order valence-electron chi connectivity index (χ1n) is 22.6. The van der Waals surface area contributed by atoms with E-state index in [1.165, 1.54) is 141 Å². The molecule has 0 aliphatic rings. The van der Waals surface area contributed by atoms with Gasteiger partial charge < -0.3 is 26.4 Å². The first kappa shape index (κ1) is 51.8. The Morgan fingerprint density at radius 3 is 1.13 bits per heavy atom. The van der Waals surface area contributed by atoms with Crippen LogP contribution in [0.25, 0.3) is 0 Å². The third-order valence-electron chi connectivity index (χ3n) is 10.9. The summed E-state index contributed by atoms with van der Waals surface area (Å²) in [5.74, 6) is -3.82. The van der Waals surface area contributed by atoms with Crippen LogP contribution in [0.4, 0.5) is 0 Å². The highest BCUT2D eigenvalue weighted by atomic mass is 16.4. The van der Waals surface area contributed by atoms with Crippen molar-refractivity contribution in [3.8, 4) is 0 Å². The number of nitrogens with two attached hydrogens (primary N) is 1. The van der Waals surface area contributed by atoms with Crippen LogP contribution >= 0.6 is 0 Å². The molecule has 10 heteroatoms. The van der Waals surface area contributed by atoms with Crippen LogP contribution in [0.1, 0.15) is 226 Å². The Labute approximate surface area is 330 Å². The smallest absolute Gasteiger partial charge is 0.326 e. The molecule has 3 atom stereocenters. The van der Waals surface area contributed by atoms with Gasteiger partial charge in [-0.05, 0) is 51.6 Å². The molecule has 318 valence electrons. The Kier molecular flexibility index (Phi) is 36.2. The molecule has 0 rings (SSSR count). The average molecular weight is 768 g/mol. The molecule has 0 aromatic heterocycles. The Bertz CT molecular complexity index is 887. The van der Waals surface area contributed by atoms with E-state index in [4.69, 9.17) is 10.8 Å². The number of rotatable bonds is 42. The van der Waals surface area contributed by atoms with Crippen LogP contribution in [0.3, 0.4) is 0 Å². The lowest BCUT2D eigenvalue weighted by Gasteiger charge is -2.29. The number of carbonyl (C=O) groups is 4. The zero-order valence-electron chi connectivity index (χ0n) is 35.0. The molecule has 0 fully saturated rings. The maximum absolute atomic E-state index is 12.8. The lowest BCUT2D eigenvalue weighted by molar-refractivity contribution is -0.145. The van der Waals surface area contributed by atoms with Crippen molar-refractivity contribution >= 4 is 23.8 Å². The van der Waals surface area contributed by atoms with Crippen molar-refractivity contribution in [2.45, 2.75) is 244 Å². The van der Waals surface area contributed by atoms with Crippen molar-refractivity contribution in [1.82, 2.24) is 10.2 Å². The molecule has 0 heterocycles. The summed E-state index contributed by atoms with van der Waals surface area (Å²) < 4.78 is 0. The Hall–Kier alpha value is -2.20. The average Bonchev–Trinajstić information content (AvgIpc) is 3.13. The second kappa shape index (κ2) is 37.7. The second-order valence-corrected chi connectivity index (χ2v) is 16.0. The SMILES string of the molecule is CCCCCCCCCCCCCCCCN(CCCCCCCCCCCCCCCC)[C@H](CCC(=O)NC(CCCC(N)C(=O)O)C(=O)O)C(=O)O. The molecule has 0 saturated heterocycles. The number of hydrogen-bond acceptors (Lipinski definition) is 6. The molecule has 0 aliphatic carbocycles. The fourth-order valence-corrected chi connectivity index (χ4v) is 7.36. The summed E-state index contributed by atoms with van der Waals surface area (Å²) in [5, 5.41) is 31.3. The van der Waals surface area contributed by atoms with Gasteiger partial charge in [0.1, 0.15) is 18.1 Å². The molecule has 54 heavy (non-hydrogen) atoms. The van der Waals surface area contributed by atoms with E-state index in [-0.39, 0.29) is 32.1 Å². The number of amides is 1. The Morgan fingerprint density at radius 1 is 0.463 bits per heavy atom. The summed E-state index contributed by atoms with van der Waals surface area (Å²) in [6.45, 7) is 5.87. The Morgan fingerprint density at radius 2 is 0.815 bits per heavy atom. The van der Waals surface area contributed by atoms with Crippen molar-refractivity contribution in [2.24, 2.45) is 5.73 Å². The molecule has 0 aliphatic heterocycles. The molecule has 10 nitrogen and oxygen atoms in total. The molecular formula is C44H85N3O7. The van der Waals surface area contributed by atoms with Gasteiger partial charge in [-0.15, -0.1) is 0 Å². The molecule has 2 unspecified atom stereocenters. The van der Waals surface area contributed by atoms with Crippen LogP contribution in [-0.4, -0.2) is 75.2 Å². The molecule has 1 amide bonds. The number of unbranched alkanes of at least 4 members (excludes halogenated alkanes) is 26. The summed E-state index contributed by atoms with van der Waals surface area (Å²) in [5.41, 5.74) is 5.52. The first-order chi connectivity index (χ1) is 26.1. The minimum absolute atomic E-state index is 0.0504. The predicted molar refractivity (Wildman–Crippen MR) is 222 cm³/mol. The van der Waals surface area contributed by atoms with Crippen molar-refractivity contribution in [3.05, 3.63) is 0 Å². The Balaban J connectivity index is 4.77. The van der Waals surface area contributed by atoms with Gasteiger partial charge in [-0.2, -0.15) is 0 Å². The summed E-state index contributed by atoms with van der Waals surface area (Å²) in [6.07, 6.45) is 35.8. The number of carboxylic acids is 3. The van der Waals surface area contributed by atoms with E-state index >= 15 is 0 Å². The van der Waals surface area contributed by atoms with Gasteiger partial charge in [0.05, 0.1) is 0 Å². The van der Waals surface area contributed by atoms with Gasteiger partial charge in [-0.25, -0.2) is 4.79 Å². The third kappa shape index (κ3) is 32.1. The van der Waals surface area contributed by atoms with Crippen molar-refractivity contribution < 1.29 is 34.5 Å². The highest BCUT2D eigenvalue weighted by Gasteiger charge is 2.27. The van der Waals surface area contributed by atoms with E-state index in [1.54, 1.807) is 0 Å². The van der Waals surface area contributed by atoms with Crippen LogP contribution in [0.5, 0.6) is 0 Å². The first-order valence-corrected chi connectivity index (χ1v) is 22.6. The lowest BCUT2D eigenvalue weighted by Crippen LogP contribution is -2.45. The molecule has 0 bridgehead atoms. The fourth-order valence-electron chi connectivity index (χ4n) is 7.36. The number of nitrogens with one attached hydrogen (secondary N) is 1. The molecular weight excluding hydrogens is 682 g/mol. The van der Waals surface area contributed by atoms with Crippen LogP contribution in [0.2, 0.25) is 0 Å². The van der Waals surface area contributed by atoms with Gasteiger partial charge in [-0.1, -0.05) is 181 Å². The number of carboxylic acid groups (broad SMARTS) is 3. The van der Waals surface area contributed by atoms with Crippen LogP contribution < -0.4 is 11.1 Å². The minimum atomic E-state index is -1.21. The van der Waals surface area contributed by atoms with Gasteiger partial charge in [0.2, 0.25) is 5.91 Å². The van der Waals surface area contributed by atoms with Crippen LogP contribution in [0, 0.1) is 0 Å². The second-order valence-electron chi connectivity index (χ2n) is 16.0. The quantitative estimate of drug-likeness (QED) is 0.0379. The zero-order valence-corrected chi connectivity index (χ0v) is 35.0. The third-order valence-corrected chi connectivity index (χ3v) is 10.9. The summed E-state index contributed by atoms with van der Waals surface area (Å²) in [6, 6.07) is -3.07. The molecule has 0 radical (unpaired) electrons. The highest BCUT2D eigenvalue weighted by molar-refractivity contribution is 5.84. The van der Waals surface area contributed by atoms with Crippen LogP contribution in [0.15, 0.2) is 0 Å². The summed E-state index contributed by atoms with van der Waals surface area (Å²) in [7, 11) is 0. The van der Waals surface area contributed by atoms with Gasteiger partial charge >= 0.3 is 17.9 Å². The summed E-state index contributed by atoms with van der Waals surface area (Å²) in [4.78, 5) is 50.1. The summed E-state index contributed by atoms with van der Waals surface area (Å²) >= 11 is 0. The molecule has 6 N–H and O–H groups in total. The standard InChI is InChI=1S/C44H85N3O7/c1-3-5-7-9-11-13-15-17-19-21-23-25-27-29-36-47(37-30-28-26-24-22-20-18-16-14-12-10-8-6-4-2)40(44(53)54)34-35-41(48)46-39(43(51)52)33-31-32-38(45)42(49)50/h38-40H,3-37,45H2,1-2H3,(H,46,48)(H,49,50)(H,51,52)(H,53,54)/t38?,39?,40-/m1/s1. The lowest BCUT2D eigenvalue weighted by atomic mass is 10.0. The molecule has 0 spiro atoms. The maximum Gasteiger partial charge on any atom is 0.326 e. The van der Waals surface area contributed by atoms with Crippen LogP contribution in [-0.2, 0) is 19.2 Å². The normalized spacial score (nSPS) is 13.2. The number of nitrogens with zero attached hydrogens (tertiary/aromatic N) is 1. The van der Waals surface area contributed by atoms with E-state index in [9.17, 15) is 29.4 Å². The fraction of sp³-hybridized carbons (Fsp3) is 0.909. The highest BCUT2D eigenvalue weighted by Crippen LogP contribution is 2.17. The van der Waals surface area contributed by atoms with Gasteiger partial charge in [0.25, 0.3) is 0 Å². The van der Waals surface area contributed by atoms with Gasteiger partial charge in [-0.3, -0.25) is 19.3 Å². The van der Waals surface area contributed by atoms with Gasteiger partial charge in [0, 0.05) is 6.42 Å². The van der Waals surface area contributed by atoms with E-state index in [0.29, 0.717) is 13.1 Å². The monoisotopic (exact) mass is 768 g/mol. The molecule has 0 aromatic carbocycles. The molecule has 0 saturated carbocycles. The number of aliphatic carboxylic acids is 3. The maximum atomic E-state index is 12.8. The number of hydrogen-bond donors (Lipinski definition) is 5. The van der Waals surface area contributed by atoms with E-state index in [0.717, 1.165) is 38.5 Å². The van der Waals surface area contributed by atoms with E-state index < -0.39 is 41.9 Å². The topological polar surface area (TPSA) is 170 Å². The van der Waals surface area contributed by atoms with Crippen molar-refractivity contribution in [3.63, 3.8) is 0 Å². The molecule has 0 aromatic rings. The van der Waals surface area contributed by atoms with Crippen molar-refractivity contribution in [1.29, 1.82) is 0 Å². The largest absolute Gasteiger partial charge is 0.480 e. The minimum Gasteiger partial charge on any atom is -0.480 e. The van der Waals surface area contributed by atoms with E-state index in [1.807, 2.05) is 4.90 Å². The zero-order chi connectivity index (χ0) is 40.1. The van der Waals surface area contributed by atoms with Crippen molar-refractivity contribution in [2.75, 3.05) is 13.1 Å². The van der Waals surface area contributed by atoms with Gasteiger partial charge in [0.15, 0.2) is 0 Å². The van der Waals surface area contributed by atoms with E-state index in [2.05, 4.69) is 19.2 Å². The number of carbonyl (C=O) groups excluding carboxylic acids is 1. The predicted octanol–water partition coefficient (Wildman–Crippen LogP) is 10.6.